The molecule has 4 nitrogen and oxygen atoms in total. The molecule has 2 saturated carbocycles. The fraction of sp³-hybridized carbons (Fsp3) is 0.762. The van der Waals surface area contributed by atoms with E-state index >= 15 is 0 Å². The topological polar surface area (TPSA) is 59.1 Å². The summed E-state index contributed by atoms with van der Waals surface area (Å²) in [6.07, 6.45) is 6.50. The number of ether oxygens (including phenoxy) is 1. The summed E-state index contributed by atoms with van der Waals surface area (Å²) in [6, 6.07) is 0. The first-order valence-corrected chi connectivity index (χ1v) is 12.8. The van der Waals surface area contributed by atoms with Crippen LogP contribution in [-0.2, 0) is 14.0 Å². The van der Waals surface area contributed by atoms with Crippen molar-refractivity contribution < 1.29 is 19.1 Å². The molecule has 2 bridgehead atoms. The van der Waals surface area contributed by atoms with E-state index in [2.05, 4.69) is 52.6 Å². The Labute approximate surface area is 157 Å². The Bertz CT molecular complexity index is 678. The van der Waals surface area contributed by atoms with Gasteiger partial charge in [-0.2, -0.15) is 0 Å². The number of aliphatic hydroxyl groups excluding tert-OH is 1. The van der Waals surface area contributed by atoms with E-state index < -0.39 is 31.5 Å². The van der Waals surface area contributed by atoms with E-state index in [0.29, 0.717) is 13.0 Å². The van der Waals surface area contributed by atoms with Gasteiger partial charge in [0.25, 0.3) is 0 Å². The normalized spacial score (nSPS) is 46.2. The van der Waals surface area contributed by atoms with Crippen LogP contribution in [0.15, 0.2) is 24.8 Å². The fourth-order valence-corrected chi connectivity index (χ4v) is 6.43. The molecule has 0 aromatic rings. The lowest BCUT2D eigenvalue weighted by Gasteiger charge is -2.49. The first-order valence-electron chi connectivity index (χ1n) is 9.85. The van der Waals surface area contributed by atoms with Crippen molar-refractivity contribution in [1.29, 1.82) is 0 Å². The number of hydrogen-bond donors (Lipinski definition) is 1. The molecule has 26 heavy (non-hydrogen) atoms. The smallest absolute Gasteiger partial charge is 0.192 e. The van der Waals surface area contributed by atoms with Crippen LogP contribution in [0.4, 0.5) is 0 Å². The van der Waals surface area contributed by atoms with Gasteiger partial charge in [0.1, 0.15) is 6.10 Å². The minimum absolute atomic E-state index is 0.0961. The second-order valence-corrected chi connectivity index (χ2v) is 15.1. The Hall–Kier alpha value is -0.753. The summed E-state index contributed by atoms with van der Waals surface area (Å²) in [4.78, 5) is 13.5. The monoisotopic (exact) mass is 376 g/mol. The maximum atomic E-state index is 13.5. The highest BCUT2D eigenvalue weighted by atomic mass is 28.4. The van der Waals surface area contributed by atoms with Crippen molar-refractivity contribution in [2.45, 2.75) is 69.6 Å². The Kier molecular flexibility index (Phi) is 3.87. The molecule has 4 aliphatic rings. The molecule has 3 fully saturated rings. The van der Waals surface area contributed by atoms with Crippen LogP contribution in [0.25, 0.3) is 0 Å². The minimum atomic E-state index is -1.98. The lowest BCUT2D eigenvalue weighted by molar-refractivity contribution is -0.146. The molecule has 1 heterocycles. The van der Waals surface area contributed by atoms with Gasteiger partial charge < -0.3 is 14.3 Å². The zero-order chi connectivity index (χ0) is 19.1. The number of aliphatic hydroxyl groups is 1. The number of ketones is 1. The van der Waals surface area contributed by atoms with Crippen molar-refractivity contribution in [2.24, 2.45) is 23.2 Å². The highest BCUT2D eigenvalue weighted by Crippen LogP contribution is 2.67. The molecule has 3 aliphatic carbocycles. The Balaban J connectivity index is 1.69. The third kappa shape index (κ3) is 2.14. The lowest BCUT2D eigenvalue weighted by atomic mass is 9.56. The minimum Gasteiger partial charge on any atom is -0.416 e. The van der Waals surface area contributed by atoms with Crippen LogP contribution in [0.5, 0.6) is 0 Å². The molecule has 1 aliphatic heterocycles. The van der Waals surface area contributed by atoms with Gasteiger partial charge in [-0.05, 0) is 36.4 Å². The van der Waals surface area contributed by atoms with Crippen molar-refractivity contribution in [1.82, 2.24) is 0 Å². The van der Waals surface area contributed by atoms with Gasteiger partial charge in [0.2, 0.25) is 0 Å². The molecule has 0 radical (unpaired) electrons. The molecule has 1 unspecified atom stereocenters. The summed E-state index contributed by atoms with van der Waals surface area (Å²) in [6.45, 7) is 15.4. The molecule has 4 rings (SSSR count). The Morgan fingerprint density at radius 1 is 1.42 bits per heavy atom. The standard InChI is InChI=1S/C21H32O4Si/c1-7-10-21-16(22)15-13-8-9-14(11-13)20(15,17(23)18(21)25-21)12-24-26(5,6)19(2,3)4/h7-9,13-15,17-18,23H,1,10-12H2,2-6H3/t13-,14+,15+,17+,18?,20+,21+/m1/s1. The molecule has 5 heteroatoms. The van der Waals surface area contributed by atoms with E-state index in [9.17, 15) is 9.90 Å². The summed E-state index contributed by atoms with van der Waals surface area (Å²) in [5, 5.41) is 11.5. The molecular weight excluding hydrogens is 344 g/mol. The third-order valence-corrected chi connectivity index (χ3v) is 12.5. The fourth-order valence-electron chi connectivity index (χ4n) is 5.38. The van der Waals surface area contributed by atoms with Gasteiger partial charge in [0, 0.05) is 24.4 Å². The van der Waals surface area contributed by atoms with Crippen molar-refractivity contribution >= 4 is 14.1 Å². The summed E-state index contributed by atoms with van der Waals surface area (Å²) < 4.78 is 12.5. The van der Waals surface area contributed by atoms with Crippen molar-refractivity contribution in [3.63, 3.8) is 0 Å². The highest BCUT2D eigenvalue weighted by molar-refractivity contribution is 6.74. The van der Waals surface area contributed by atoms with Crippen LogP contribution >= 0.6 is 0 Å². The van der Waals surface area contributed by atoms with Gasteiger partial charge in [-0.25, -0.2) is 0 Å². The molecule has 1 N–H and O–H groups in total. The number of fused-ring (bicyclic) bond motifs is 6. The van der Waals surface area contributed by atoms with Crippen LogP contribution in [0, 0.1) is 23.2 Å². The van der Waals surface area contributed by atoms with Crippen molar-refractivity contribution in [3.8, 4) is 0 Å². The van der Waals surface area contributed by atoms with Gasteiger partial charge >= 0.3 is 0 Å². The molecule has 7 atom stereocenters. The summed E-state index contributed by atoms with van der Waals surface area (Å²) >= 11 is 0. The van der Waals surface area contributed by atoms with E-state index in [1.165, 1.54) is 0 Å². The second-order valence-electron chi connectivity index (χ2n) is 10.3. The highest BCUT2D eigenvalue weighted by Gasteiger charge is 2.79. The number of Topliss-reactive ketones (excluding diaryl/α,β-unsaturated/α-hetero) is 1. The number of carbonyl (C=O) groups excluding carboxylic acids is 1. The number of rotatable bonds is 5. The summed E-state index contributed by atoms with van der Waals surface area (Å²) in [5.74, 6) is 0.378. The van der Waals surface area contributed by atoms with Gasteiger partial charge in [-0.15, -0.1) is 6.58 Å². The zero-order valence-corrected chi connectivity index (χ0v) is 17.6. The average molecular weight is 377 g/mol. The van der Waals surface area contributed by atoms with Crippen LogP contribution in [0.2, 0.25) is 18.1 Å². The molecular formula is C21H32O4Si. The van der Waals surface area contributed by atoms with Gasteiger partial charge in [-0.1, -0.05) is 39.0 Å². The van der Waals surface area contributed by atoms with Gasteiger partial charge in [-0.3, -0.25) is 4.79 Å². The maximum Gasteiger partial charge on any atom is 0.192 e. The predicted molar refractivity (Wildman–Crippen MR) is 103 cm³/mol. The summed E-state index contributed by atoms with van der Waals surface area (Å²) in [5.41, 5.74) is -1.36. The Morgan fingerprint density at radius 3 is 2.73 bits per heavy atom. The quantitative estimate of drug-likeness (QED) is 0.453. The molecule has 1 saturated heterocycles. The van der Waals surface area contributed by atoms with Crippen molar-refractivity contribution in [2.75, 3.05) is 6.61 Å². The molecule has 0 aromatic heterocycles. The number of allylic oxidation sites excluding steroid dienone is 2. The predicted octanol–water partition coefficient (Wildman–Crippen LogP) is 3.47. The van der Waals surface area contributed by atoms with Crippen molar-refractivity contribution in [3.05, 3.63) is 24.8 Å². The third-order valence-electron chi connectivity index (χ3n) is 8.03. The maximum absolute atomic E-state index is 13.5. The SMILES string of the molecule is C=CC[C@@]12OC1[C@H](O)[C@]1(CO[Si](C)(C)C(C)(C)C)[C@H](C2=O)[C@@H]2C=C[C@H]1C2. The van der Waals surface area contributed by atoms with E-state index in [-0.39, 0.29) is 28.6 Å². The molecule has 0 amide bonds. The summed E-state index contributed by atoms with van der Waals surface area (Å²) in [7, 11) is -1.98. The van der Waals surface area contributed by atoms with Gasteiger partial charge in [0.15, 0.2) is 19.7 Å². The van der Waals surface area contributed by atoms with E-state index in [1.807, 2.05) is 0 Å². The number of hydrogen-bond acceptors (Lipinski definition) is 4. The average Bonchev–Trinajstić information content (AvgIpc) is 2.96. The first kappa shape index (κ1) is 18.6. The van der Waals surface area contributed by atoms with E-state index in [4.69, 9.17) is 9.16 Å². The molecule has 0 aromatic carbocycles. The van der Waals surface area contributed by atoms with Crippen LogP contribution in [0.3, 0.4) is 0 Å². The van der Waals surface area contributed by atoms with E-state index in [0.717, 1.165) is 6.42 Å². The lowest BCUT2D eigenvalue weighted by Crippen LogP contribution is -2.62. The van der Waals surface area contributed by atoms with Gasteiger partial charge in [0.05, 0.1) is 6.10 Å². The zero-order valence-electron chi connectivity index (χ0n) is 16.6. The van der Waals surface area contributed by atoms with Crippen LogP contribution in [0.1, 0.15) is 33.6 Å². The largest absolute Gasteiger partial charge is 0.416 e. The number of epoxide rings is 1. The molecule has 144 valence electrons. The Morgan fingerprint density at radius 2 is 2.12 bits per heavy atom. The second kappa shape index (κ2) is 5.40. The first-order chi connectivity index (χ1) is 12.0. The van der Waals surface area contributed by atoms with E-state index in [1.54, 1.807) is 6.08 Å². The number of carbonyl (C=O) groups is 1. The molecule has 0 spiro atoms. The van der Waals surface area contributed by atoms with Crippen LogP contribution in [-0.4, -0.2) is 43.6 Å². The van der Waals surface area contributed by atoms with Crippen LogP contribution < -0.4 is 0 Å².